The van der Waals surface area contributed by atoms with Crippen LogP contribution in [0.2, 0.25) is 5.02 Å². The Bertz CT molecular complexity index is 894. The van der Waals surface area contributed by atoms with Gasteiger partial charge in [-0.2, -0.15) is 0 Å². The summed E-state index contributed by atoms with van der Waals surface area (Å²) in [6, 6.07) is 11.5. The third-order valence-corrected chi connectivity index (χ3v) is 4.00. The van der Waals surface area contributed by atoms with Crippen molar-refractivity contribution >= 4 is 40.9 Å². The zero-order valence-corrected chi connectivity index (χ0v) is 15.6. The first-order chi connectivity index (χ1) is 12.8. The molecule has 0 saturated heterocycles. The standard InChI is InChI=1S/C19H18ClN3O4/c1-13-3-7-15(8-4-13)21-18(24)12-22(2)19(25)10-6-14-5-9-16(20)17(11-14)23(26)27/h3-11H,12H2,1-2H3,(H,21,24)/b10-6+. The fraction of sp³-hybridized carbons (Fsp3) is 0.158. The maximum atomic E-state index is 12.1. The van der Waals surface area contributed by atoms with Crippen LogP contribution in [0.3, 0.4) is 0 Å². The highest BCUT2D eigenvalue weighted by molar-refractivity contribution is 6.32. The lowest BCUT2D eigenvalue weighted by atomic mass is 10.2. The van der Waals surface area contributed by atoms with Crippen LogP contribution in [0.5, 0.6) is 0 Å². The Hall–Kier alpha value is -3.19. The van der Waals surface area contributed by atoms with E-state index in [0.717, 1.165) is 5.56 Å². The molecule has 0 aromatic heterocycles. The van der Waals surface area contributed by atoms with Crippen LogP contribution in [0, 0.1) is 17.0 Å². The highest BCUT2D eigenvalue weighted by Gasteiger charge is 2.13. The van der Waals surface area contributed by atoms with E-state index in [0.29, 0.717) is 11.3 Å². The van der Waals surface area contributed by atoms with Gasteiger partial charge in [-0.25, -0.2) is 0 Å². The van der Waals surface area contributed by atoms with Crippen molar-refractivity contribution in [2.24, 2.45) is 0 Å². The monoisotopic (exact) mass is 387 g/mol. The number of nitrogens with zero attached hydrogens (tertiary/aromatic N) is 2. The summed E-state index contributed by atoms with van der Waals surface area (Å²) in [5.74, 6) is -0.739. The second kappa shape index (κ2) is 8.95. The molecule has 0 radical (unpaired) electrons. The molecule has 0 aliphatic heterocycles. The van der Waals surface area contributed by atoms with Crippen LogP contribution in [-0.4, -0.2) is 35.2 Å². The van der Waals surface area contributed by atoms with E-state index in [9.17, 15) is 19.7 Å². The van der Waals surface area contributed by atoms with Gasteiger partial charge in [-0.3, -0.25) is 19.7 Å². The molecule has 2 amide bonds. The van der Waals surface area contributed by atoms with E-state index in [2.05, 4.69) is 5.32 Å². The Morgan fingerprint density at radius 1 is 1.22 bits per heavy atom. The summed E-state index contributed by atoms with van der Waals surface area (Å²) in [6.45, 7) is 1.82. The predicted molar refractivity (Wildman–Crippen MR) is 105 cm³/mol. The summed E-state index contributed by atoms with van der Waals surface area (Å²) in [5.41, 5.74) is 1.94. The van der Waals surface area contributed by atoms with Crippen LogP contribution in [-0.2, 0) is 9.59 Å². The Morgan fingerprint density at radius 3 is 2.52 bits per heavy atom. The number of nitro groups is 1. The van der Waals surface area contributed by atoms with Crippen molar-refractivity contribution in [1.82, 2.24) is 4.90 Å². The molecule has 0 bridgehead atoms. The molecule has 0 spiro atoms. The third-order valence-electron chi connectivity index (χ3n) is 3.68. The molecule has 0 aliphatic rings. The lowest BCUT2D eigenvalue weighted by molar-refractivity contribution is -0.384. The zero-order valence-electron chi connectivity index (χ0n) is 14.8. The molecule has 2 aromatic rings. The second-order valence-corrected chi connectivity index (χ2v) is 6.32. The molecule has 0 heterocycles. The summed E-state index contributed by atoms with van der Waals surface area (Å²) >= 11 is 5.75. The number of aryl methyl sites for hydroxylation is 1. The number of likely N-dealkylation sites (N-methyl/N-ethyl adjacent to an activating group) is 1. The largest absolute Gasteiger partial charge is 0.333 e. The van der Waals surface area contributed by atoms with E-state index in [-0.39, 0.29) is 23.2 Å². The number of hydrogen-bond donors (Lipinski definition) is 1. The van der Waals surface area contributed by atoms with Gasteiger partial charge < -0.3 is 10.2 Å². The Morgan fingerprint density at radius 2 is 1.89 bits per heavy atom. The maximum absolute atomic E-state index is 12.1. The van der Waals surface area contributed by atoms with Crippen LogP contribution in [0.1, 0.15) is 11.1 Å². The van der Waals surface area contributed by atoms with Crippen molar-refractivity contribution in [3.05, 3.63) is 74.8 Å². The van der Waals surface area contributed by atoms with Gasteiger partial charge >= 0.3 is 0 Å². The van der Waals surface area contributed by atoms with Crippen molar-refractivity contribution in [3.8, 4) is 0 Å². The number of benzene rings is 2. The molecule has 1 N–H and O–H groups in total. The van der Waals surface area contributed by atoms with E-state index in [1.165, 1.54) is 36.2 Å². The highest BCUT2D eigenvalue weighted by atomic mass is 35.5. The number of hydrogen-bond acceptors (Lipinski definition) is 4. The average Bonchev–Trinajstić information content (AvgIpc) is 2.62. The minimum absolute atomic E-state index is 0.0216. The van der Waals surface area contributed by atoms with Crippen molar-refractivity contribution in [2.75, 3.05) is 18.9 Å². The summed E-state index contributed by atoms with van der Waals surface area (Å²) in [5, 5.41) is 13.6. The lowest BCUT2D eigenvalue weighted by Crippen LogP contribution is -2.33. The summed E-state index contributed by atoms with van der Waals surface area (Å²) in [7, 11) is 1.49. The third kappa shape index (κ3) is 5.93. The van der Waals surface area contributed by atoms with E-state index in [1.807, 2.05) is 19.1 Å². The average molecular weight is 388 g/mol. The minimum atomic E-state index is -0.594. The van der Waals surface area contributed by atoms with E-state index in [4.69, 9.17) is 11.6 Å². The molecule has 0 fully saturated rings. The van der Waals surface area contributed by atoms with Gasteiger partial charge in [0, 0.05) is 24.9 Å². The van der Waals surface area contributed by atoms with E-state index < -0.39 is 10.8 Å². The molecule has 7 nitrogen and oxygen atoms in total. The molecule has 140 valence electrons. The minimum Gasteiger partial charge on any atom is -0.333 e. The molecular formula is C19H18ClN3O4. The summed E-state index contributed by atoms with van der Waals surface area (Å²) in [4.78, 5) is 35.7. The van der Waals surface area contributed by atoms with E-state index in [1.54, 1.807) is 18.2 Å². The quantitative estimate of drug-likeness (QED) is 0.465. The number of amides is 2. The molecule has 27 heavy (non-hydrogen) atoms. The summed E-state index contributed by atoms with van der Waals surface area (Å²) < 4.78 is 0. The number of halogens is 1. The van der Waals surface area contributed by atoms with Gasteiger partial charge in [-0.05, 0) is 36.8 Å². The highest BCUT2D eigenvalue weighted by Crippen LogP contribution is 2.25. The number of rotatable bonds is 6. The van der Waals surface area contributed by atoms with E-state index >= 15 is 0 Å². The number of carbonyl (C=O) groups excluding carboxylic acids is 2. The predicted octanol–water partition coefficient (Wildman–Crippen LogP) is 3.67. The van der Waals surface area contributed by atoms with Gasteiger partial charge in [-0.15, -0.1) is 0 Å². The van der Waals surface area contributed by atoms with Gasteiger partial charge in [0.25, 0.3) is 5.69 Å². The van der Waals surface area contributed by atoms with Crippen molar-refractivity contribution in [1.29, 1.82) is 0 Å². The number of anilines is 1. The summed E-state index contributed by atoms with van der Waals surface area (Å²) in [6.07, 6.45) is 2.67. The molecule has 0 unspecified atom stereocenters. The fourth-order valence-electron chi connectivity index (χ4n) is 2.20. The molecule has 0 atom stereocenters. The number of nitrogens with one attached hydrogen (secondary N) is 1. The number of nitro benzene ring substituents is 1. The molecule has 2 rings (SSSR count). The topological polar surface area (TPSA) is 92.6 Å². The molecule has 8 heteroatoms. The Labute approximate surface area is 161 Å². The normalized spacial score (nSPS) is 10.6. The van der Waals surface area contributed by atoms with Crippen molar-refractivity contribution in [3.63, 3.8) is 0 Å². The first-order valence-corrected chi connectivity index (χ1v) is 8.37. The second-order valence-electron chi connectivity index (χ2n) is 5.91. The van der Waals surface area contributed by atoms with Crippen LogP contribution >= 0.6 is 11.6 Å². The number of carbonyl (C=O) groups is 2. The zero-order chi connectivity index (χ0) is 20.0. The van der Waals surface area contributed by atoms with Gasteiger partial charge in [0.1, 0.15) is 5.02 Å². The first kappa shape index (κ1) is 20.1. The van der Waals surface area contributed by atoms with Gasteiger partial charge in [0.2, 0.25) is 11.8 Å². The van der Waals surface area contributed by atoms with Crippen LogP contribution in [0.4, 0.5) is 11.4 Å². The molecular weight excluding hydrogens is 370 g/mol. The van der Waals surface area contributed by atoms with Gasteiger partial charge in [0.05, 0.1) is 11.5 Å². The van der Waals surface area contributed by atoms with Crippen LogP contribution < -0.4 is 5.32 Å². The Kier molecular flexibility index (Phi) is 6.67. The maximum Gasteiger partial charge on any atom is 0.288 e. The lowest BCUT2D eigenvalue weighted by Gasteiger charge is -2.15. The molecule has 0 saturated carbocycles. The molecule has 0 aliphatic carbocycles. The van der Waals surface area contributed by atoms with Crippen LogP contribution in [0.15, 0.2) is 48.5 Å². The molecule has 2 aromatic carbocycles. The van der Waals surface area contributed by atoms with Gasteiger partial charge in [0.15, 0.2) is 0 Å². The van der Waals surface area contributed by atoms with Gasteiger partial charge in [-0.1, -0.05) is 35.4 Å². The van der Waals surface area contributed by atoms with Crippen molar-refractivity contribution < 1.29 is 14.5 Å². The first-order valence-electron chi connectivity index (χ1n) is 8.00. The fourth-order valence-corrected chi connectivity index (χ4v) is 2.39. The smallest absolute Gasteiger partial charge is 0.288 e. The van der Waals surface area contributed by atoms with Crippen molar-refractivity contribution in [2.45, 2.75) is 6.92 Å². The van der Waals surface area contributed by atoms with Crippen LogP contribution in [0.25, 0.3) is 6.08 Å². The SMILES string of the molecule is Cc1ccc(NC(=O)CN(C)C(=O)/C=C/c2ccc(Cl)c([N+](=O)[O-])c2)cc1. The Balaban J connectivity index is 1.95.